The van der Waals surface area contributed by atoms with Crippen molar-refractivity contribution in [3.05, 3.63) is 35.9 Å². The number of rotatable bonds is 7. The average molecular weight is 346 g/mol. The summed E-state index contributed by atoms with van der Waals surface area (Å²) >= 11 is 0. The summed E-state index contributed by atoms with van der Waals surface area (Å²) in [5.74, 6) is -0.293. The van der Waals surface area contributed by atoms with E-state index in [-0.39, 0.29) is 30.3 Å². The fraction of sp³-hybridized carbons (Fsp3) is 0.579. The predicted octanol–water partition coefficient (Wildman–Crippen LogP) is 0.819. The van der Waals surface area contributed by atoms with Crippen molar-refractivity contribution < 1.29 is 9.59 Å². The quantitative estimate of drug-likeness (QED) is 0.766. The van der Waals surface area contributed by atoms with Gasteiger partial charge in [0, 0.05) is 32.7 Å². The monoisotopic (exact) mass is 346 g/mol. The van der Waals surface area contributed by atoms with Crippen LogP contribution in [-0.2, 0) is 16.1 Å². The molecule has 2 atom stereocenters. The minimum absolute atomic E-state index is 0.00490. The molecule has 3 N–H and O–H groups in total. The second kappa shape index (κ2) is 8.97. The van der Waals surface area contributed by atoms with E-state index in [0.717, 1.165) is 26.1 Å². The van der Waals surface area contributed by atoms with Crippen LogP contribution >= 0.6 is 0 Å². The van der Waals surface area contributed by atoms with Crippen molar-refractivity contribution in [2.75, 3.05) is 26.7 Å². The van der Waals surface area contributed by atoms with Crippen LogP contribution in [0.1, 0.15) is 25.8 Å². The zero-order valence-electron chi connectivity index (χ0n) is 15.4. The van der Waals surface area contributed by atoms with Crippen molar-refractivity contribution >= 4 is 11.8 Å². The van der Waals surface area contributed by atoms with Crippen LogP contribution < -0.4 is 11.1 Å². The molecule has 1 saturated heterocycles. The fourth-order valence-electron chi connectivity index (χ4n) is 3.03. The highest BCUT2D eigenvalue weighted by atomic mass is 16.2. The molecule has 1 unspecified atom stereocenters. The van der Waals surface area contributed by atoms with E-state index in [1.165, 1.54) is 5.56 Å². The van der Waals surface area contributed by atoms with Gasteiger partial charge in [0.05, 0.1) is 12.6 Å². The minimum atomic E-state index is -0.578. The molecule has 2 rings (SSSR count). The van der Waals surface area contributed by atoms with Crippen LogP contribution in [0.15, 0.2) is 30.3 Å². The van der Waals surface area contributed by atoms with Crippen LogP contribution in [-0.4, -0.2) is 60.4 Å². The number of nitrogens with one attached hydrogen (secondary N) is 1. The molecule has 0 spiro atoms. The Hall–Kier alpha value is -1.92. The summed E-state index contributed by atoms with van der Waals surface area (Å²) in [6, 6.07) is 9.96. The molecular formula is C19H30N4O2. The van der Waals surface area contributed by atoms with Gasteiger partial charge in [-0.1, -0.05) is 44.2 Å². The molecule has 2 amide bonds. The van der Waals surface area contributed by atoms with Crippen molar-refractivity contribution in [2.24, 2.45) is 11.7 Å². The number of hydrogen-bond donors (Lipinski definition) is 2. The molecular weight excluding hydrogens is 316 g/mol. The van der Waals surface area contributed by atoms with Gasteiger partial charge in [-0.25, -0.2) is 0 Å². The Kier molecular flexibility index (Phi) is 6.96. The van der Waals surface area contributed by atoms with Crippen molar-refractivity contribution in [3.8, 4) is 0 Å². The molecule has 1 aliphatic rings. The lowest BCUT2D eigenvalue weighted by Gasteiger charge is -2.25. The normalized spacial score (nSPS) is 19.0. The summed E-state index contributed by atoms with van der Waals surface area (Å²) in [7, 11) is 1.81. The summed E-state index contributed by atoms with van der Waals surface area (Å²) < 4.78 is 0. The van der Waals surface area contributed by atoms with Crippen LogP contribution in [0.2, 0.25) is 0 Å². The van der Waals surface area contributed by atoms with Crippen LogP contribution in [0.4, 0.5) is 0 Å². The van der Waals surface area contributed by atoms with Crippen LogP contribution in [0, 0.1) is 5.92 Å². The largest absolute Gasteiger partial charge is 0.346 e. The Morgan fingerprint density at radius 1 is 1.32 bits per heavy atom. The van der Waals surface area contributed by atoms with Crippen molar-refractivity contribution in [1.29, 1.82) is 0 Å². The Labute approximate surface area is 150 Å². The molecule has 1 fully saturated rings. The lowest BCUT2D eigenvalue weighted by atomic mass is 10.1. The lowest BCUT2D eigenvalue weighted by molar-refractivity contribution is -0.133. The zero-order valence-corrected chi connectivity index (χ0v) is 15.4. The number of likely N-dealkylation sites (tertiary alicyclic amines) is 1. The first-order valence-corrected chi connectivity index (χ1v) is 8.93. The van der Waals surface area contributed by atoms with Gasteiger partial charge in [0.25, 0.3) is 0 Å². The Bertz CT molecular complexity index is 576. The van der Waals surface area contributed by atoms with Gasteiger partial charge in [-0.05, 0) is 17.9 Å². The maximum atomic E-state index is 12.3. The van der Waals surface area contributed by atoms with Crippen molar-refractivity contribution in [2.45, 2.75) is 38.9 Å². The van der Waals surface area contributed by atoms with Crippen LogP contribution in [0.3, 0.4) is 0 Å². The molecule has 1 aromatic rings. The van der Waals surface area contributed by atoms with E-state index in [2.05, 4.69) is 22.3 Å². The molecule has 0 saturated carbocycles. The number of hydrogen-bond acceptors (Lipinski definition) is 4. The minimum Gasteiger partial charge on any atom is -0.346 e. The molecule has 1 aliphatic heterocycles. The van der Waals surface area contributed by atoms with Gasteiger partial charge in [-0.3, -0.25) is 14.5 Å². The first-order valence-electron chi connectivity index (χ1n) is 8.93. The number of nitrogens with two attached hydrogens (primary N) is 1. The molecule has 6 nitrogen and oxygen atoms in total. The van der Waals surface area contributed by atoms with Crippen molar-refractivity contribution in [3.63, 3.8) is 0 Å². The maximum Gasteiger partial charge on any atom is 0.242 e. The van der Waals surface area contributed by atoms with Gasteiger partial charge in [0.15, 0.2) is 0 Å². The maximum absolute atomic E-state index is 12.3. The first-order chi connectivity index (χ1) is 11.9. The molecule has 0 aliphatic carbocycles. The fourth-order valence-corrected chi connectivity index (χ4v) is 3.03. The number of benzene rings is 1. The lowest BCUT2D eigenvalue weighted by Crippen LogP contribution is -2.49. The molecule has 1 heterocycles. The van der Waals surface area contributed by atoms with E-state index < -0.39 is 6.04 Å². The summed E-state index contributed by atoms with van der Waals surface area (Å²) in [5.41, 5.74) is 7.08. The predicted molar refractivity (Wildman–Crippen MR) is 98.7 cm³/mol. The van der Waals surface area contributed by atoms with E-state index in [0.29, 0.717) is 0 Å². The standard InChI is InChI=1S/C19H30N4O2/c1-14(2)18(20)19(25)21-11-17(24)22(3)16-9-10-23(13-16)12-15-7-5-4-6-8-15/h4-8,14,16,18H,9-13,20H2,1-3H3,(H,21,25)/t16?,18-/m0/s1. The van der Waals surface area contributed by atoms with E-state index in [4.69, 9.17) is 5.73 Å². The molecule has 138 valence electrons. The molecule has 0 bridgehead atoms. The summed E-state index contributed by atoms with van der Waals surface area (Å²) in [6.07, 6.45) is 0.953. The average Bonchev–Trinajstić information content (AvgIpc) is 3.07. The Morgan fingerprint density at radius 2 is 2.00 bits per heavy atom. The summed E-state index contributed by atoms with van der Waals surface area (Å²) in [6.45, 7) is 6.51. The SMILES string of the molecule is CC(C)[C@H](N)C(=O)NCC(=O)N(C)C1CCN(Cc2ccccc2)C1. The third kappa shape index (κ3) is 5.54. The molecule has 1 aromatic carbocycles. The number of carbonyl (C=O) groups excluding carboxylic acids is 2. The highest BCUT2D eigenvalue weighted by Gasteiger charge is 2.28. The topological polar surface area (TPSA) is 78.7 Å². The van der Waals surface area contributed by atoms with E-state index in [9.17, 15) is 9.59 Å². The first kappa shape index (κ1) is 19.4. The second-order valence-electron chi connectivity index (χ2n) is 7.16. The molecule has 25 heavy (non-hydrogen) atoms. The second-order valence-corrected chi connectivity index (χ2v) is 7.16. The van der Waals surface area contributed by atoms with E-state index >= 15 is 0 Å². The van der Waals surface area contributed by atoms with Crippen LogP contribution in [0.25, 0.3) is 0 Å². The highest BCUT2D eigenvalue weighted by Crippen LogP contribution is 2.17. The third-order valence-electron chi connectivity index (χ3n) is 4.87. The van der Waals surface area contributed by atoms with Gasteiger partial charge in [-0.2, -0.15) is 0 Å². The number of nitrogens with zero attached hydrogens (tertiary/aromatic N) is 2. The zero-order chi connectivity index (χ0) is 18.4. The smallest absolute Gasteiger partial charge is 0.242 e. The molecule has 6 heteroatoms. The van der Waals surface area contributed by atoms with Gasteiger partial charge >= 0.3 is 0 Å². The van der Waals surface area contributed by atoms with Gasteiger partial charge in [0.2, 0.25) is 11.8 Å². The molecule has 0 aromatic heterocycles. The summed E-state index contributed by atoms with van der Waals surface area (Å²) in [5, 5.41) is 2.65. The van der Waals surface area contributed by atoms with E-state index in [1.54, 1.807) is 4.90 Å². The van der Waals surface area contributed by atoms with Crippen molar-refractivity contribution in [1.82, 2.24) is 15.1 Å². The number of carbonyl (C=O) groups is 2. The summed E-state index contributed by atoms with van der Waals surface area (Å²) in [4.78, 5) is 28.3. The third-order valence-corrected chi connectivity index (χ3v) is 4.87. The highest BCUT2D eigenvalue weighted by molar-refractivity contribution is 5.87. The Morgan fingerprint density at radius 3 is 2.64 bits per heavy atom. The van der Waals surface area contributed by atoms with Gasteiger partial charge in [-0.15, -0.1) is 0 Å². The van der Waals surface area contributed by atoms with Crippen LogP contribution in [0.5, 0.6) is 0 Å². The van der Waals surface area contributed by atoms with E-state index in [1.807, 2.05) is 39.1 Å². The van der Waals surface area contributed by atoms with Gasteiger partial charge in [0.1, 0.15) is 0 Å². The number of likely N-dealkylation sites (N-methyl/N-ethyl adjacent to an activating group) is 1. The molecule has 0 radical (unpaired) electrons. The van der Waals surface area contributed by atoms with Gasteiger partial charge < -0.3 is 16.0 Å². The Balaban J connectivity index is 1.77. The number of amides is 2.